The van der Waals surface area contributed by atoms with E-state index in [9.17, 15) is 18.0 Å². The van der Waals surface area contributed by atoms with Gasteiger partial charge in [-0.2, -0.15) is 13.2 Å². The van der Waals surface area contributed by atoms with E-state index in [1.54, 1.807) is 16.2 Å². The maximum absolute atomic E-state index is 12.9. The fraction of sp³-hybridized carbons (Fsp3) is 0.273. The number of benzene rings is 2. The lowest BCUT2D eigenvalue weighted by molar-refractivity contribution is -0.137. The zero-order valence-electron chi connectivity index (χ0n) is 16.4. The van der Waals surface area contributed by atoms with E-state index in [-0.39, 0.29) is 11.5 Å². The molecule has 0 radical (unpaired) electrons. The average Bonchev–Trinajstić information content (AvgIpc) is 3.22. The molecule has 4 nitrogen and oxygen atoms in total. The fourth-order valence-corrected chi connectivity index (χ4v) is 4.42. The number of hydrogen-bond acceptors (Lipinski definition) is 4. The van der Waals surface area contributed by atoms with E-state index in [1.165, 1.54) is 12.1 Å². The first-order valence-corrected chi connectivity index (χ1v) is 10.9. The molecule has 1 aromatic heterocycles. The molecule has 3 aromatic rings. The molecule has 0 spiro atoms. The van der Waals surface area contributed by atoms with Crippen LogP contribution in [0.3, 0.4) is 0 Å². The Morgan fingerprint density at radius 2 is 1.77 bits per heavy atom. The topological polar surface area (TPSA) is 36.4 Å². The highest BCUT2D eigenvalue weighted by Crippen LogP contribution is 2.30. The van der Waals surface area contributed by atoms with E-state index < -0.39 is 11.7 Å². The molecular weight excluding hydrogens is 447 g/mol. The van der Waals surface area contributed by atoms with Crippen LogP contribution in [0.5, 0.6) is 0 Å². The molecule has 31 heavy (non-hydrogen) atoms. The predicted molar refractivity (Wildman–Crippen MR) is 115 cm³/mol. The van der Waals surface area contributed by atoms with Crippen LogP contribution < -0.4 is 0 Å². The van der Waals surface area contributed by atoms with Crippen LogP contribution in [0.1, 0.15) is 20.9 Å². The number of alkyl halides is 3. The molecular formula is C22H19ClF3N3OS. The van der Waals surface area contributed by atoms with Gasteiger partial charge in [0.05, 0.1) is 17.8 Å². The van der Waals surface area contributed by atoms with Crippen LogP contribution in [0.4, 0.5) is 13.2 Å². The molecule has 0 saturated carbocycles. The predicted octanol–water partition coefficient (Wildman–Crippen LogP) is 5.44. The fourth-order valence-electron chi connectivity index (χ4n) is 3.45. The third-order valence-corrected chi connectivity index (χ3v) is 6.23. The van der Waals surface area contributed by atoms with Gasteiger partial charge in [-0.1, -0.05) is 29.8 Å². The van der Waals surface area contributed by atoms with Gasteiger partial charge in [0.1, 0.15) is 5.01 Å². The zero-order chi connectivity index (χ0) is 22.0. The Hall–Kier alpha value is -2.42. The highest BCUT2D eigenvalue weighted by molar-refractivity contribution is 7.09. The van der Waals surface area contributed by atoms with Gasteiger partial charge in [-0.3, -0.25) is 9.69 Å². The molecule has 1 fully saturated rings. The van der Waals surface area contributed by atoms with E-state index in [4.69, 9.17) is 11.6 Å². The van der Waals surface area contributed by atoms with Crippen LogP contribution in [-0.2, 0) is 12.7 Å². The second-order valence-corrected chi connectivity index (χ2v) is 8.66. The average molecular weight is 466 g/mol. The van der Waals surface area contributed by atoms with Crippen molar-refractivity contribution in [3.63, 3.8) is 0 Å². The molecule has 1 aliphatic rings. The highest BCUT2D eigenvalue weighted by atomic mass is 35.5. The molecule has 4 rings (SSSR count). The molecule has 0 bridgehead atoms. The van der Waals surface area contributed by atoms with Gasteiger partial charge in [-0.25, -0.2) is 4.98 Å². The van der Waals surface area contributed by atoms with E-state index >= 15 is 0 Å². The van der Waals surface area contributed by atoms with Crippen LogP contribution in [-0.4, -0.2) is 46.9 Å². The summed E-state index contributed by atoms with van der Waals surface area (Å²) >= 11 is 7.51. The van der Waals surface area contributed by atoms with Crippen molar-refractivity contribution in [1.29, 1.82) is 0 Å². The van der Waals surface area contributed by atoms with E-state index in [0.717, 1.165) is 28.4 Å². The van der Waals surface area contributed by atoms with Crippen molar-refractivity contribution in [2.75, 3.05) is 26.2 Å². The van der Waals surface area contributed by atoms with Crippen LogP contribution in [0.2, 0.25) is 5.02 Å². The Morgan fingerprint density at radius 1 is 1.06 bits per heavy atom. The number of nitrogens with zero attached hydrogens (tertiary/aromatic N) is 3. The molecule has 2 aromatic carbocycles. The number of amides is 1. The number of aromatic nitrogens is 1. The molecule has 9 heteroatoms. The lowest BCUT2D eigenvalue weighted by atomic mass is 10.1. The van der Waals surface area contributed by atoms with Gasteiger partial charge >= 0.3 is 6.18 Å². The Kier molecular flexibility index (Phi) is 6.31. The quantitative estimate of drug-likeness (QED) is 0.514. The normalized spacial score (nSPS) is 15.3. The van der Waals surface area contributed by atoms with Crippen molar-refractivity contribution >= 4 is 28.8 Å². The number of carbonyl (C=O) groups excluding carboxylic acids is 1. The lowest BCUT2D eigenvalue weighted by Gasteiger charge is -2.34. The molecule has 162 valence electrons. The number of halogens is 4. The molecule has 1 aliphatic heterocycles. The minimum absolute atomic E-state index is 0.0656. The summed E-state index contributed by atoms with van der Waals surface area (Å²) in [5, 5.41) is 3.66. The third-order valence-electron chi connectivity index (χ3n) is 5.15. The Bertz CT molecular complexity index is 1060. The molecule has 1 amide bonds. The van der Waals surface area contributed by atoms with Gasteiger partial charge < -0.3 is 4.90 Å². The van der Waals surface area contributed by atoms with E-state index in [2.05, 4.69) is 9.88 Å². The monoisotopic (exact) mass is 465 g/mol. The van der Waals surface area contributed by atoms with Gasteiger partial charge in [0, 0.05) is 47.7 Å². The van der Waals surface area contributed by atoms with Crippen LogP contribution in [0.25, 0.3) is 11.3 Å². The maximum Gasteiger partial charge on any atom is 0.416 e. The van der Waals surface area contributed by atoms with E-state index in [1.807, 2.05) is 29.6 Å². The number of thiazole rings is 1. The summed E-state index contributed by atoms with van der Waals surface area (Å²) in [6.07, 6.45) is -4.46. The Labute approximate surface area is 186 Å². The number of carbonyl (C=O) groups is 1. The number of piperazine rings is 1. The second kappa shape index (κ2) is 8.98. The van der Waals surface area contributed by atoms with Crippen molar-refractivity contribution in [2.24, 2.45) is 0 Å². The van der Waals surface area contributed by atoms with Gasteiger partial charge in [-0.05, 0) is 30.3 Å². The minimum Gasteiger partial charge on any atom is -0.336 e. The molecule has 0 unspecified atom stereocenters. The smallest absolute Gasteiger partial charge is 0.336 e. The van der Waals surface area contributed by atoms with Crippen LogP contribution >= 0.6 is 22.9 Å². The lowest BCUT2D eigenvalue weighted by Crippen LogP contribution is -2.48. The largest absolute Gasteiger partial charge is 0.416 e. The number of rotatable bonds is 4. The molecule has 0 N–H and O–H groups in total. The van der Waals surface area contributed by atoms with Crippen LogP contribution in [0.15, 0.2) is 53.9 Å². The van der Waals surface area contributed by atoms with Gasteiger partial charge in [0.2, 0.25) is 0 Å². The summed E-state index contributed by atoms with van der Waals surface area (Å²) in [7, 11) is 0. The summed E-state index contributed by atoms with van der Waals surface area (Å²) in [6.45, 7) is 2.87. The Morgan fingerprint density at radius 3 is 2.45 bits per heavy atom. The number of hydrogen-bond donors (Lipinski definition) is 0. The van der Waals surface area contributed by atoms with Crippen molar-refractivity contribution in [3.8, 4) is 11.3 Å². The third kappa shape index (κ3) is 5.26. The van der Waals surface area contributed by atoms with Crippen molar-refractivity contribution in [3.05, 3.63) is 75.1 Å². The van der Waals surface area contributed by atoms with Crippen LogP contribution in [0, 0.1) is 0 Å². The summed E-state index contributed by atoms with van der Waals surface area (Å²) in [6, 6.07) is 12.1. The summed E-state index contributed by atoms with van der Waals surface area (Å²) in [4.78, 5) is 21.1. The van der Waals surface area contributed by atoms with E-state index in [0.29, 0.717) is 37.7 Å². The van der Waals surface area contributed by atoms with Crippen molar-refractivity contribution < 1.29 is 18.0 Å². The van der Waals surface area contributed by atoms with Gasteiger partial charge in [0.25, 0.3) is 5.91 Å². The zero-order valence-corrected chi connectivity index (χ0v) is 18.0. The molecule has 0 aliphatic carbocycles. The second-order valence-electron chi connectivity index (χ2n) is 7.28. The Balaban J connectivity index is 1.34. The minimum atomic E-state index is -4.46. The van der Waals surface area contributed by atoms with Gasteiger partial charge in [-0.15, -0.1) is 11.3 Å². The summed E-state index contributed by atoms with van der Waals surface area (Å²) in [5.74, 6) is -0.370. The summed E-state index contributed by atoms with van der Waals surface area (Å²) in [5.41, 5.74) is 1.16. The SMILES string of the molecule is O=C(c1cccc(C(F)(F)F)c1)N1CCN(Cc2nc(-c3ccc(Cl)cc3)cs2)CC1. The first-order valence-electron chi connectivity index (χ1n) is 9.69. The highest BCUT2D eigenvalue weighted by Gasteiger charge is 2.31. The summed E-state index contributed by atoms with van der Waals surface area (Å²) < 4.78 is 38.8. The van der Waals surface area contributed by atoms with Gasteiger partial charge in [0.15, 0.2) is 0 Å². The standard InChI is InChI=1S/C22H19ClF3N3OS/c23-18-6-4-15(5-7-18)19-14-31-20(27-19)13-28-8-10-29(11-9-28)21(30)16-2-1-3-17(12-16)22(24,25)26/h1-7,12,14H,8-11,13H2. The maximum atomic E-state index is 12.9. The molecule has 0 atom stereocenters. The molecule has 2 heterocycles. The first kappa shape index (κ1) is 21.8. The molecule has 1 saturated heterocycles. The first-order chi connectivity index (χ1) is 14.8. The van der Waals surface area contributed by atoms with Crippen molar-refractivity contribution in [2.45, 2.75) is 12.7 Å². The van der Waals surface area contributed by atoms with Crippen molar-refractivity contribution in [1.82, 2.24) is 14.8 Å².